The van der Waals surface area contributed by atoms with E-state index in [9.17, 15) is 0 Å². The van der Waals surface area contributed by atoms with E-state index in [1.54, 1.807) is 13.3 Å². The molecule has 0 aliphatic heterocycles. The summed E-state index contributed by atoms with van der Waals surface area (Å²) >= 11 is 6.15. The van der Waals surface area contributed by atoms with E-state index in [0.29, 0.717) is 16.7 Å². The summed E-state index contributed by atoms with van der Waals surface area (Å²) in [6, 6.07) is 5.67. The van der Waals surface area contributed by atoms with Crippen LogP contribution in [0, 0.1) is 5.92 Å². The molecule has 0 spiro atoms. The van der Waals surface area contributed by atoms with E-state index in [1.807, 2.05) is 29.0 Å². The summed E-state index contributed by atoms with van der Waals surface area (Å²) in [5.41, 5.74) is 0.953. The Labute approximate surface area is 118 Å². The first-order valence-electron chi connectivity index (χ1n) is 6.23. The first-order chi connectivity index (χ1) is 9.11. The molecule has 0 saturated heterocycles. The van der Waals surface area contributed by atoms with E-state index >= 15 is 0 Å². The van der Waals surface area contributed by atoms with Crippen molar-refractivity contribution >= 4 is 17.5 Å². The number of imidazole rings is 1. The number of nitrogens with one attached hydrogen (secondary N) is 1. The monoisotopic (exact) mass is 279 g/mol. The second kappa shape index (κ2) is 5.97. The van der Waals surface area contributed by atoms with Crippen LogP contribution in [0.15, 0.2) is 30.6 Å². The maximum atomic E-state index is 6.15. The van der Waals surface area contributed by atoms with Gasteiger partial charge >= 0.3 is 0 Å². The van der Waals surface area contributed by atoms with Gasteiger partial charge < -0.3 is 10.1 Å². The van der Waals surface area contributed by atoms with Crippen molar-refractivity contribution in [1.82, 2.24) is 9.55 Å². The van der Waals surface area contributed by atoms with Crippen molar-refractivity contribution in [2.45, 2.75) is 13.8 Å². The van der Waals surface area contributed by atoms with Crippen LogP contribution in [0.1, 0.15) is 13.8 Å². The zero-order valence-electron chi connectivity index (χ0n) is 11.4. The lowest BCUT2D eigenvalue weighted by atomic mass is 10.2. The van der Waals surface area contributed by atoms with Crippen LogP contribution in [0.2, 0.25) is 5.02 Å². The zero-order valence-corrected chi connectivity index (χ0v) is 12.1. The second-order valence-electron chi connectivity index (χ2n) is 4.71. The van der Waals surface area contributed by atoms with Crippen molar-refractivity contribution < 1.29 is 4.74 Å². The molecule has 102 valence electrons. The number of hydrogen-bond acceptors (Lipinski definition) is 3. The van der Waals surface area contributed by atoms with Gasteiger partial charge in [-0.3, -0.25) is 4.57 Å². The summed E-state index contributed by atoms with van der Waals surface area (Å²) in [4.78, 5) is 4.31. The highest BCUT2D eigenvalue weighted by Gasteiger charge is 2.08. The van der Waals surface area contributed by atoms with E-state index in [1.165, 1.54) is 0 Å². The number of methoxy groups -OCH3 is 1. The highest BCUT2D eigenvalue weighted by atomic mass is 35.5. The van der Waals surface area contributed by atoms with E-state index in [4.69, 9.17) is 16.3 Å². The van der Waals surface area contributed by atoms with Gasteiger partial charge in [0.25, 0.3) is 0 Å². The molecule has 0 amide bonds. The van der Waals surface area contributed by atoms with Gasteiger partial charge in [0.1, 0.15) is 5.75 Å². The molecular formula is C14H18ClN3O. The topological polar surface area (TPSA) is 39.1 Å². The molecule has 1 aromatic heterocycles. The van der Waals surface area contributed by atoms with Crippen LogP contribution in [0.25, 0.3) is 5.69 Å². The fraction of sp³-hybridized carbons (Fsp3) is 0.357. The summed E-state index contributed by atoms with van der Waals surface area (Å²) in [5.74, 6) is 2.04. The molecule has 0 aliphatic rings. The van der Waals surface area contributed by atoms with Crippen molar-refractivity contribution in [3.8, 4) is 11.4 Å². The smallest absolute Gasteiger partial charge is 0.207 e. The highest BCUT2D eigenvalue weighted by molar-refractivity contribution is 6.32. The number of nitrogens with zero attached hydrogens (tertiary/aromatic N) is 2. The Morgan fingerprint density at radius 1 is 1.42 bits per heavy atom. The standard InChI is InChI=1S/C14H18ClN3O/c1-10(2)9-17-14-16-6-7-18(14)11-4-5-13(19-3)12(15)8-11/h4-8,10H,9H2,1-3H3,(H,16,17). The Morgan fingerprint density at radius 2 is 2.21 bits per heavy atom. The SMILES string of the molecule is COc1ccc(-n2ccnc2NCC(C)C)cc1Cl. The van der Waals surface area contributed by atoms with Gasteiger partial charge in [0.05, 0.1) is 17.8 Å². The molecule has 0 radical (unpaired) electrons. The fourth-order valence-electron chi connectivity index (χ4n) is 1.74. The van der Waals surface area contributed by atoms with Gasteiger partial charge in [0.15, 0.2) is 0 Å². The summed E-state index contributed by atoms with van der Waals surface area (Å²) in [6.07, 6.45) is 3.67. The second-order valence-corrected chi connectivity index (χ2v) is 5.12. The number of aromatic nitrogens is 2. The van der Waals surface area contributed by atoms with Gasteiger partial charge in [0.2, 0.25) is 5.95 Å². The third-order valence-corrected chi connectivity index (χ3v) is 3.02. The summed E-state index contributed by atoms with van der Waals surface area (Å²) in [6.45, 7) is 5.19. The quantitative estimate of drug-likeness (QED) is 0.909. The van der Waals surface area contributed by atoms with Gasteiger partial charge in [-0.05, 0) is 24.1 Å². The van der Waals surface area contributed by atoms with Gasteiger partial charge in [0, 0.05) is 18.9 Å². The van der Waals surface area contributed by atoms with Crippen LogP contribution >= 0.6 is 11.6 Å². The summed E-state index contributed by atoms with van der Waals surface area (Å²) < 4.78 is 7.12. The predicted octanol–water partition coefficient (Wildman–Crippen LogP) is 3.60. The van der Waals surface area contributed by atoms with Crippen LogP contribution in [0.5, 0.6) is 5.75 Å². The Morgan fingerprint density at radius 3 is 2.84 bits per heavy atom. The minimum Gasteiger partial charge on any atom is -0.495 e. The zero-order chi connectivity index (χ0) is 13.8. The molecule has 0 fully saturated rings. The molecule has 1 aromatic carbocycles. The molecule has 2 aromatic rings. The van der Waals surface area contributed by atoms with Crippen LogP contribution in [0.3, 0.4) is 0 Å². The summed E-state index contributed by atoms with van der Waals surface area (Å²) in [7, 11) is 1.60. The van der Waals surface area contributed by atoms with E-state index in [-0.39, 0.29) is 0 Å². The Kier molecular flexibility index (Phi) is 4.32. The van der Waals surface area contributed by atoms with Crippen LogP contribution in [-0.4, -0.2) is 23.2 Å². The number of rotatable bonds is 5. The lowest BCUT2D eigenvalue weighted by molar-refractivity contribution is 0.415. The van der Waals surface area contributed by atoms with Crippen molar-refractivity contribution in [3.05, 3.63) is 35.6 Å². The third kappa shape index (κ3) is 3.20. The van der Waals surface area contributed by atoms with Gasteiger partial charge in [-0.1, -0.05) is 25.4 Å². The average molecular weight is 280 g/mol. The van der Waals surface area contributed by atoms with Crippen LogP contribution < -0.4 is 10.1 Å². The van der Waals surface area contributed by atoms with Gasteiger partial charge in [-0.15, -0.1) is 0 Å². The average Bonchev–Trinajstić information content (AvgIpc) is 2.84. The fourth-order valence-corrected chi connectivity index (χ4v) is 2.00. The summed E-state index contributed by atoms with van der Waals surface area (Å²) in [5, 5.41) is 3.90. The molecule has 4 nitrogen and oxygen atoms in total. The lowest BCUT2D eigenvalue weighted by Crippen LogP contribution is -2.12. The molecule has 1 heterocycles. The van der Waals surface area contributed by atoms with E-state index < -0.39 is 0 Å². The Balaban J connectivity index is 2.27. The maximum Gasteiger partial charge on any atom is 0.207 e. The number of halogens is 1. The first kappa shape index (κ1) is 13.7. The molecule has 5 heteroatoms. The number of benzene rings is 1. The number of ether oxygens (including phenoxy) is 1. The molecule has 0 bridgehead atoms. The predicted molar refractivity (Wildman–Crippen MR) is 78.5 cm³/mol. The van der Waals surface area contributed by atoms with Gasteiger partial charge in [-0.2, -0.15) is 0 Å². The molecule has 19 heavy (non-hydrogen) atoms. The molecule has 2 rings (SSSR count). The normalized spacial score (nSPS) is 10.8. The number of hydrogen-bond donors (Lipinski definition) is 1. The molecule has 0 aliphatic carbocycles. The van der Waals surface area contributed by atoms with Crippen molar-refractivity contribution in [2.75, 3.05) is 19.0 Å². The molecule has 0 saturated carbocycles. The van der Waals surface area contributed by atoms with Crippen molar-refractivity contribution in [3.63, 3.8) is 0 Å². The van der Waals surface area contributed by atoms with Crippen molar-refractivity contribution in [2.24, 2.45) is 5.92 Å². The number of anilines is 1. The van der Waals surface area contributed by atoms with Crippen LogP contribution in [0.4, 0.5) is 5.95 Å². The lowest BCUT2D eigenvalue weighted by Gasteiger charge is -2.12. The minimum absolute atomic E-state index is 0.560. The molecular weight excluding hydrogens is 262 g/mol. The molecule has 0 unspecified atom stereocenters. The Bertz CT molecular complexity index is 551. The van der Waals surface area contributed by atoms with E-state index in [2.05, 4.69) is 24.1 Å². The molecule has 1 N–H and O–H groups in total. The van der Waals surface area contributed by atoms with E-state index in [0.717, 1.165) is 18.2 Å². The first-order valence-corrected chi connectivity index (χ1v) is 6.60. The van der Waals surface area contributed by atoms with Crippen molar-refractivity contribution in [1.29, 1.82) is 0 Å². The maximum absolute atomic E-state index is 6.15. The largest absolute Gasteiger partial charge is 0.495 e. The van der Waals surface area contributed by atoms with Gasteiger partial charge in [-0.25, -0.2) is 4.98 Å². The molecule has 0 atom stereocenters. The third-order valence-electron chi connectivity index (χ3n) is 2.72. The highest BCUT2D eigenvalue weighted by Crippen LogP contribution is 2.27. The minimum atomic E-state index is 0.560. The Hall–Kier alpha value is -1.68. The van der Waals surface area contributed by atoms with Crippen LogP contribution in [-0.2, 0) is 0 Å².